The Labute approximate surface area is 334 Å². The van der Waals surface area contributed by atoms with Crippen LogP contribution in [0.2, 0.25) is 0 Å². The standard InChI is InChI=1S/C36H35F17O8/c1-56-27(55)25-23(54)24(59-19-21-11-4-2-5-12-21)26(60-20-22-13-6-3-7-14-22)28(61-25)58-18-9-8-16-57-17-10-15-29(37,38)30(39,40)31(41,42)32(43,44)33(45,46)34(47,48)35(49,50)36(51,52)53/h2-9,11-14,23-26,28,54H,10,15-20H2,1H3/b9-8-/t23-,24-,25-,26-,28+/m0/s1. The highest BCUT2D eigenvalue weighted by molar-refractivity contribution is 5.75. The van der Waals surface area contributed by atoms with Gasteiger partial charge in [-0.3, -0.25) is 0 Å². The van der Waals surface area contributed by atoms with E-state index < -0.39 is 117 Å². The van der Waals surface area contributed by atoms with Crippen molar-refractivity contribution in [1.82, 2.24) is 0 Å². The first kappa shape index (κ1) is 51.6. The summed E-state index contributed by atoms with van der Waals surface area (Å²) in [4.78, 5) is 12.5. The van der Waals surface area contributed by atoms with Crippen molar-refractivity contribution >= 4 is 5.97 Å². The predicted octanol–water partition coefficient (Wildman–Crippen LogP) is 8.80. The molecule has 3 rings (SSSR count). The van der Waals surface area contributed by atoms with Crippen LogP contribution in [0.15, 0.2) is 72.8 Å². The van der Waals surface area contributed by atoms with E-state index in [0.29, 0.717) is 11.1 Å². The van der Waals surface area contributed by atoms with Crippen molar-refractivity contribution in [3.8, 4) is 0 Å². The molecular weight excluding hydrogens is 883 g/mol. The summed E-state index contributed by atoms with van der Waals surface area (Å²) in [6.07, 6.45) is -17.0. The Morgan fingerprint density at radius 3 is 1.54 bits per heavy atom. The first-order chi connectivity index (χ1) is 28.0. The Kier molecular flexibility index (Phi) is 16.7. The molecule has 0 radical (unpaired) electrons. The Hall–Kier alpha value is -3.78. The third-order valence-electron chi connectivity index (χ3n) is 8.83. The van der Waals surface area contributed by atoms with Crippen molar-refractivity contribution in [2.24, 2.45) is 0 Å². The maximum Gasteiger partial charge on any atom is 0.460 e. The molecule has 0 aromatic heterocycles. The lowest BCUT2D eigenvalue weighted by Crippen LogP contribution is -2.74. The molecule has 2 aromatic carbocycles. The first-order valence-corrected chi connectivity index (χ1v) is 17.3. The van der Waals surface area contributed by atoms with E-state index in [9.17, 15) is 84.5 Å². The maximum absolute atomic E-state index is 14.2. The normalized spacial score (nSPS) is 21.5. The van der Waals surface area contributed by atoms with Gasteiger partial charge >= 0.3 is 53.6 Å². The minimum atomic E-state index is -8.69. The topological polar surface area (TPSA) is 92.7 Å². The number of aliphatic hydroxyl groups excluding tert-OH is 1. The molecule has 1 N–H and O–H groups in total. The number of esters is 1. The third kappa shape index (κ3) is 10.7. The number of ether oxygens (including phenoxy) is 6. The Balaban J connectivity index is 1.64. The summed E-state index contributed by atoms with van der Waals surface area (Å²) >= 11 is 0. The quantitative estimate of drug-likeness (QED) is 0.0543. The molecule has 1 fully saturated rings. The Morgan fingerprint density at radius 2 is 1.07 bits per heavy atom. The number of methoxy groups -OCH3 is 1. The van der Waals surface area contributed by atoms with E-state index in [-0.39, 0.29) is 13.2 Å². The zero-order chi connectivity index (χ0) is 46.3. The number of halogens is 17. The van der Waals surface area contributed by atoms with Gasteiger partial charge in [0.15, 0.2) is 12.4 Å². The number of rotatable bonds is 22. The van der Waals surface area contributed by atoms with E-state index in [4.69, 9.17) is 28.4 Å². The van der Waals surface area contributed by atoms with Crippen molar-refractivity contribution < 1.29 is 113 Å². The minimum Gasteiger partial charge on any atom is -0.467 e. The number of aliphatic hydroxyl groups is 1. The van der Waals surface area contributed by atoms with Crippen LogP contribution in [0.3, 0.4) is 0 Å². The van der Waals surface area contributed by atoms with Crippen LogP contribution in [0.5, 0.6) is 0 Å². The molecule has 8 nitrogen and oxygen atoms in total. The summed E-state index contributed by atoms with van der Waals surface area (Å²) < 4.78 is 262. The molecule has 1 heterocycles. The van der Waals surface area contributed by atoms with Crippen LogP contribution in [0.25, 0.3) is 0 Å². The number of carbonyl (C=O) groups is 1. The number of hydrogen-bond donors (Lipinski definition) is 1. The molecule has 25 heteroatoms. The fourth-order valence-corrected chi connectivity index (χ4v) is 5.36. The van der Waals surface area contributed by atoms with E-state index in [2.05, 4.69) is 0 Å². The minimum absolute atomic E-state index is 0.0758. The fraction of sp³-hybridized carbons (Fsp3) is 0.583. The largest absolute Gasteiger partial charge is 0.467 e. The van der Waals surface area contributed by atoms with Crippen LogP contribution in [0.1, 0.15) is 24.0 Å². The van der Waals surface area contributed by atoms with E-state index in [0.717, 1.165) is 13.2 Å². The van der Waals surface area contributed by atoms with Crippen LogP contribution < -0.4 is 0 Å². The van der Waals surface area contributed by atoms with Crippen molar-refractivity contribution in [1.29, 1.82) is 0 Å². The van der Waals surface area contributed by atoms with Crippen molar-refractivity contribution in [2.75, 3.05) is 26.9 Å². The van der Waals surface area contributed by atoms with Crippen LogP contribution in [0.4, 0.5) is 74.6 Å². The van der Waals surface area contributed by atoms with Gasteiger partial charge in [0.2, 0.25) is 0 Å². The fourth-order valence-electron chi connectivity index (χ4n) is 5.36. The second-order valence-electron chi connectivity index (χ2n) is 13.1. The molecule has 0 spiro atoms. The van der Waals surface area contributed by atoms with Gasteiger partial charge in [0, 0.05) is 13.0 Å². The van der Waals surface area contributed by atoms with Gasteiger partial charge in [-0.05, 0) is 17.5 Å². The number of hydrogen-bond acceptors (Lipinski definition) is 8. The zero-order valence-electron chi connectivity index (χ0n) is 31.0. The van der Waals surface area contributed by atoms with Crippen molar-refractivity contribution in [3.05, 3.63) is 83.9 Å². The van der Waals surface area contributed by atoms with Gasteiger partial charge in [-0.2, -0.15) is 74.6 Å². The van der Waals surface area contributed by atoms with E-state index in [1.54, 1.807) is 60.7 Å². The lowest BCUT2D eigenvalue weighted by atomic mass is 9.88. The summed E-state index contributed by atoms with van der Waals surface area (Å²) in [6, 6.07) is 17.2. The molecule has 346 valence electrons. The molecule has 1 saturated heterocycles. The summed E-state index contributed by atoms with van der Waals surface area (Å²) in [6.45, 7) is -2.29. The van der Waals surface area contributed by atoms with Crippen LogP contribution in [0, 0.1) is 0 Å². The monoisotopic (exact) mass is 918 g/mol. The molecule has 61 heavy (non-hydrogen) atoms. The summed E-state index contributed by atoms with van der Waals surface area (Å²) in [5.74, 6) is -57.8. The maximum atomic E-state index is 14.2. The summed E-state index contributed by atoms with van der Waals surface area (Å²) in [5.41, 5.74) is 1.33. The zero-order valence-corrected chi connectivity index (χ0v) is 31.0. The lowest BCUT2D eigenvalue weighted by molar-refractivity contribution is -0.461. The smallest absolute Gasteiger partial charge is 0.460 e. The Bertz CT molecular complexity index is 1710. The van der Waals surface area contributed by atoms with E-state index in [1.165, 1.54) is 6.08 Å². The molecule has 1 aliphatic rings. The van der Waals surface area contributed by atoms with Gasteiger partial charge in [0.05, 0.1) is 33.5 Å². The molecule has 0 bridgehead atoms. The van der Waals surface area contributed by atoms with Gasteiger partial charge in [-0.25, -0.2) is 4.79 Å². The SMILES string of the molecule is COC(=O)[C@H]1O[C@@H](OC/C=C\COCCCC(F)(F)C(F)(F)C(F)(F)C(F)(F)C(F)(F)C(F)(F)C(F)(F)C(F)(F)F)[C@@H](OCc2ccccc2)[C@@H](OCc2ccccc2)[C@@H]1O. The number of alkyl halides is 17. The van der Waals surface area contributed by atoms with Crippen LogP contribution in [-0.2, 0) is 46.4 Å². The average molecular weight is 919 g/mol. The molecule has 0 aliphatic carbocycles. The van der Waals surface area contributed by atoms with Crippen LogP contribution >= 0.6 is 0 Å². The summed E-state index contributed by atoms with van der Waals surface area (Å²) in [5, 5.41) is 11.1. The lowest BCUT2D eigenvalue weighted by Gasteiger charge is -2.43. The third-order valence-corrected chi connectivity index (χ3v) is 8.83. The van der Waals surface area contributed by atoms with Gasteiger partial charge in [-0.1, -0.05) is 72.8 Å². The van der Waals surface area contributed by atoms with Crippen molar-refractivity contribution in [2.45, 2.75) is 104 Å². The van der Waals surface area contributed by atoms with Crippen molar-refractivity contribution in [3.63, 3.8) is 0 Å². The first-order valence-electron chi connectivity index (χ1n) is 17.3. The molecule has 2 aromatic rings. The summed E-state index contributed by atoms with van der Waals surface area (Å²) in [7, 11) is 1.01. The van der Waals surface area contributed by atoms with Gasteiger partial charge in [0.25, 0.3) is 0 Å². The second-order valence-corrected chi connectivity index (χ2v) is 13.1. The number of benzene rings is 2. The molecule has 5 atom stereocenters. The van der Waals surface area contributed by atoms with Gasteiger partial charge in [0.1, 0.15) is 18.3 Å². The highest BCUT2D eigenvalue weighted by atomic mass is 19.4. The van der Waals surface area contributed by atoms with Gasteiger partial charge < -0.3 is 33.5 Å². The number of carbonyl (C=O) groups excluding carboxylic acids is 1. The highest BCUT2D eigenvalue weighted by Gasteiger charge is 2.95. The van der Waals surface area contributed by atoms with Gasteiger partial charge in [-0.15, -0.1) is 0 Å². The second kappa shape index (κ2) is 19.7. The van der Waals surface area contributed by atoms with E-state index >= 15 is 0 Å². The highest BCUT2D eigenvalue weighted by Crippen LogP contribution is 2.64. The van der Waals surface area contributed by atoms with E-state index in [1.807, 2.05) is 0 Å². The molecule has 0 unspecified atom stereocenters. The predicted molar refractivity (Wildman–Crippen MR) is 173 cm³/mol. The molecular formula is C36H35F17O8. The average Bonchev–Trinajstić information content (AvgIpc) is 3.18. The Morgan fingerprint density at radius 1 is 0.623 bits per heavy atom. The molecule has 0 saturated carbocycles. The molecule has 1 aliphatic heterocycles. The molecule has 0 amide bonds. The van der Waals surface area contributed by atoms with Crippen LogP contribution in [-0.4, -0.2) is 116 Å².